The normalized spacial score (nSPS) is 21.4. The standard InChI is InChI=1S/C18H26N4O3S/c1-21(14-3-9-26-10-4-14)17(23)11-15-13-25-8-7-22(15)18(24)12-16-19-5-2-6-20-16/h2,5-6,14-15H,3-4,7-13H2,1H3/t15-/m1/s1. The molecule has 2 fully saturated rings. The molecule has 2 amide bonds. The molecule has 0 aliphatic carbocycles. The molecule has 1 aromatic heterocycles. The van der Waals surface area contributed by atoms with Gasteiger partial charge in [-0.1, -0.05) is 0 Å². The lowest BCUT2D eigenvalue weighted by molar-refractivity contribution is -0.143. The topological polar surface area (TPSA) is 75.6 Å². The Hall–Kier alpha value is -1.67. The van der Waals surface area contributed by atoms with Crippen LogP contribution in [0.1, 0.15) is 25.1 Å². The molecule has 1 atom stereocenters. The molecule has 3 heterocycles. The molecule has 3 rings (SSSR count). The second kappa shape index (κ2) is 9.32. The summed E-state index contributed by atoms with van der Waals surface area (Å²) in [4.78, 5) is 37.3. The number of hydrogen-bond acceptors (Lipinski definition) is 6. The largest absolute Gasteiger partial charge is 0.377 e. The first kappa shape index (κ1) is 19.1. The Morgan fingerprint density at radius 1 is 1.31 bits per heavy atom. The number of thioether (sulfide) groups is 1. The molecule has 1 aromatic rings. The van der Waals surface area contributed by atoms with Crippen molar-refractivity contribution in [2.24, 2.45) is 0 Å². The fraction of sp³-hybridized carbons (Fsp3) is 0.667. The summed E-state index contributed by atoms with van der Waals surface area (Å²) in [5, 5.41) is 0. The number of carbonyl (C=O) groups is 2. The molecular formula is C18H26N4O3S. The molecule has 0 aromatic carbocycles. The molecule has 8 heteroatoms. The van der Waals surface area contributed by atoms with Crippen LogP contribution in [0.3, 0.4) is 0 Å². The summed E-state index contributed by atoms with van der Waals surface area (Å²) in [6.07, 6.45) is 5.81. The predicted molar refractivity (Wildman–Crippen MR) is 99.8 cm³/mol. The van der Waals surface area contributed by atoms with Gasteiger partial charge in [0.2, 0.25) is 11.8 Å². The average molecular weight is 378 g/mol. The Kier molecular flexibility index (Phi) is 6.85. The zero-order chi connectivity index (χ0) is 18.4. The number of hydrogen-bond donors (Lipinski definition) is 0. The van der Waals surface area contributed by atoms with E-state index in [0.29, 0.717) is 38.0 Å². The number of ether oxygens (including phenoxy) is 1. The van der Waals surface area contributed by atoms with Gasteiger partial charge >= 0.3 is 0 Å². The Labute approximate surface area is 158 Å². The molecule has 0 unspecified atom stereocenters. The molecule has 2 aliphatic heterocycles. The maximum atomic E-state index is 12.7. The first-order valence-electron chi connectivity index (χ1n) is 9.11. The molecule has 0 spiro atoms. The second-order valence-electron chi connectivity index (χ2n) is 6.71. The predicted octanol–water partition coefficient (Wildman–Crippen LogP) is 0.991. The molecule has 0 N–H and O–H groups in total. The van der Waals surface area contributed by atoms with Crippen LogP contribution in [0.25, 0.3) is 0 Å². The zero-order valence-corrected chi connectivity index (χ0v) is 16.0. The fourth-order valence-electron chi connectivity index (χ4n) is 3.43. The van der Waals surface area contributed by atoms with Crippen molar-refractivity contribution < 1.29 is 14.3 Å². The van der Waals surface area contributed by atoms with E-state index in [1.807, 2.05) is 23.7 Å². The summed E-state index contributed by atoms with van der Waals surface area (Å²) in [6, 6.07) is 1.83. The van der Waals surface area contributed by atoms with Crippen molar-refractivity contribution in [2.75, 3.05) is 38.3 Å². The van der Waals surface area contributed by atoms with E-state index in [0.717, 1.165) is 24.3 Å². The van der Waals surface area contributed by atoms with Gasteiger partial charge < -0.3 is 14.5 Å². The lowest BCUT2D eigenvalue weighted by atomic mass is 10.1. The third kappa shape index (κ3) is 4.94. The van der Waals surface area contributed by atoms with Crippen LogP contribution in [-0.4, -0.2) is 82.0 Å². The van der Waals surface area contributed by atoms with Gasteiger partial charge in [0.15, 0.2) is 0 Å². The van der Waals surface area contributed by atoms with Gasteiger partial charge in [-0.05, 0) is 30.4 Å². The first-order chi connectivity index (χ1) is 12.6. The maximum absolute atomic E-state index is 12.7. The highest BCUT2D eigenvalue weighted by atomic mass is 32.2. The fourth-order valence-corrected chi connectivity index (χ4v) is 4.51. The molecule has 0 bridgehead atoms. The molecule has 0 radical (unpaired) electrons. The van der Waals surface area contributed by atoms with E-state index in [-0.39, 0.29) is 24.3 Å². The second-order valence-corrected chi connectivity index (χ2v) is 7.93. The van der Waals surface area contributed by atoms with E-state index in [2.05, 4.69) is 9.97 Å². The van der Waals surface area contributed by atoms with E-state index < -0.39 is 0 Å². The van der Waals surface area contributed by atoms with E-state index >= 15 is 0 Å². The zero-order valence-electron chi connectivity index (χ0n) is 15.2. The summed E-state index contributed by atoms with van der Waals surface area (Å²) in [6.45, 7) is 1.41. The minimum Gasteiger partial charge on any atom is -0.377 e. The van der Waals surface area contributed by atoms with E-state index in [1.54, 1.807) is 23.4 Å². The van der Waals surface area contributed by atoms with E-state index in [9.17, 15) is 9.59 Å². The van der Waals surface area contributed by atoms with Gasteiger partial charge in [-0.15, -0.1) is 0 Å². The SMILES string of the molecule is CN(C(=O)C[C@@H]1COCCN1C(=O)Cc1ncccn1)C1CCSCC1. The Bertz CT molecular complexity index is 610. The van der Waals surface area contributed by atoms with Gasteiger partial charge in [0.25, 0.3) is 0 Å². The van der Waals surface area contributed by atoms with Crippen molar-refractivity contribution in [2.45, 2.75) is 37.8 Å². The van der Waals surface area contributed by atoms with Crippen LogP contribution < -0.4 is 0 Å². The van der Waals surface area contributed by atoms with Gasteiger partial charge in [0.1, 0.15) is 5.82 Å². The maximum Gasteiger partial charge on any atom is 0.230 e. The van der Waals surface area contributed by atoms with Crippen LogP contribution in [0, 0.1) is 0 Å². The molecule has 2 aliphatic rings. The third-order valence-corrected chi connectivity index (χ3v) is 6.07. The summed E-state index contributed by atoms with van der Waals surface area (Å²) in [7, 11) is 1.89. The van der Waals surface area contributed by atoms with Crippen LogP contribution in [-0.2, 0) is 20.7 Å². The molecule has 142 valence electrons. The number of amides is 2. The van der Waals surface area contributed by atoms with Gasteiger partial charge in [0, 0.05) is 38.4 Å². The third-order valence-electron chi connectivity index (χ3n) is 5.02. The van der Waals surface area contributed by atoms with Crippen LogP contribution in [0.5, 0.6) is 0 Å². The molecule has 26 heavy (non-hydrogen) atoms. The van der Waals surface area contributed by atoms with Gasteiger partial charge in [-0.3, -0.25) is 9.59 Å². The van der Waals surface area contributed by atoms with Crippen molar-refractivity contribution in [3.63, 3.8) is 0 Å². The quantitative estimate of drug-likeness (QED) is 0.761. The molecule has 0 saturated carbocycles. The van der Waals surface area contributed by atoms with E-state index in [4.69, 9.17) is 4.74 Å². The Morgan fingerprint density at radius 2 is 2.04 bits per heavy atom. The van der Waals surface area contributed by atoms with Crippen molar-refractivity contribution in [1.82, 2.24) is 19.8 Å². The molecule has 2 saturated heterocycles. The van der Waals surface area contributed by atoms with Crippen LogP contribution in [0.2, 0.25) is 0 Å². The number of morpholine rings is 1. The lowest BCUT2D eigenvalue weighted by Crippen LogP contribution is -2.52. The number of carbonyl (C=O) groups excluding carboxylic acids is 2. The van der Waals surface area contributed by atoms with Crippen molar-refractivity contribution in [3.8, 4) is 0 Å². The molecule has 7 nitrogen and oxygen atoms in total. The summed E-state index contributed by atoms with van der Waals surface area (Å²) < 4.78 is 5.54. The van der Waals surface area contributed by atoms with Gasteiger partial charge in [0.05, 0.1) is 25.7 Å². The smallest absolute Gasteiger partial charge is 0.230 e. The number of aromatic nitrogens is 2. The van der Waals surface area contributed by atoms with Gasteiger partial charge in [-0.2, -0.15) is 11.8 Å². The van der Waals surface area contributed by atoms with Crippen molar-refractivity contribution in [1.29, 1.82) is 0 Å². The van der Waals surface area contributed by atoms with Crippen molar-refractivity contribution >= 4 is 23.6 Å². The minimum atomic E-state index is -0.215. The summed E-state index contributed by atoms with van der Waals surface area (Å²) in [5.41, 5.74) is 0. The van der Waals surface area contributed by atoms with Crippen LogP contribution in [0.15, 0.2) is 18.5 Å². The van der Waals surface area contributed by atoms with E-state index in [1.165, 1.54) is 0 Å². The number of rotatable bonds is 5. The summed E-state index contributed by atoms with van der Waals surface area (Å²) in [5.74, 6) is 2.76. The highest BCUT2D eigenvalue weighted by Gasteiger charge is 2.32. The lowest BCUT2D eigenvalue weighted by Gasteiger charge is -2.37. The monoisotopic (exact) mass is 378 g/mol. The van der Waals surface area contributed by atoms with Crippen LogP contribution >= 0.6 is 11.8 Å². The Morgan fingerprint density at radius 3 is 2.77 bits per heavy atom. The van der Waals surface area contributed by atoms with Crippen LogP contribution in [0.4, 0.5) is 0 Å². The highest BCUT2D eigenvalue weighted by Crippen LogP contribution is 2.22. The molecular weight excluding hydrogens is 352 g/mol. The van der Waals surface area contributed by atoms with Crippen molar-refractivity contribution in [3.05, 3.63) is 24.3 Å². The van der Waals surface area contributed by atoms with Gasteiger partial charge in [-0.25, -0.2) is 9.97 Å². The Balaban J connectivity index is 1.59. The average Bonchev–Trinajstić information content (AvgIpc) is 2.69. The highest BCUT2D eigenvalue weighted by molar-refractivity contribution is 7.99. The summed E-state index contributed by atoms with van der Waals surface area (Å²) >= 11 is 1.95. The first-order valence-corrected chi connectivity index (χ1v) is 10.3. The minimum absolute atomic E-state index is 0.0472. The number of nitrogens with zero attached hydrogens (tertiary/aromatic N) is 4.